The molecule has 1 aliphatic rings. The average Bonchev–Trinajstić information content (AvgIpc) is 3.27. The van der Waals surface area contributed by atoms with Crippen LogP contribution in [0, 0.1) is 0 Å². The summed E-state index contributed by atoms with van der Waals surface area (Å²) in [5, 5.41) is 4.25. The van der Waals surface area contributed by atoms with Gasteiger partial charge < -0.3 is 14.5 Å². The summed E-state index contributed by atoms with van der Waals surface area (Å²) in [5.41, 5.74) is 3.65. The van der Waals surface area contributed by atoms with Crippen LogP contribution in [0.25, 0.3) is 0 Å². The van der Waals surface area contributed by atoms with Crippen LogP contribution < -0.4 is 9.64 Å². The summed E-state index contributed by atoms with van der Waals surface area (Å²) >= 11 is 0. The van der Waals surface area contributed by atoms with Crippen LogP contribution in [0.15, 0.2) is 67.0 Å². The van der Waals surface area contributed by atoms with Crippen molar-refractivity contribution in [2.45, 2.75) is 19.9 Å². The van der Waals surface area contributed by atoms with Gasteiger partial charge in [-0.15, -0.1) is 0 Å². The van der Waals surface area contributed by atoms with E-state index in [-0.39, 0.29) is 5.91 Å². The van der Waals surface area contributed by atoms with Crippen LogP contribution in [0.5, 0.6) is 5.75 Å². The molecule has 1 fully saturated rings. The van der Waals surface area contributed by atoms with Crippen molar-refractivity contribution in [3.05, 3.63) is 78.1 Å². The quantitative estimate of drug-likeness (QED) is 0.607. The summed E-state index contributed by atoms with van der Waals surface area (Å²) in [4.78, 5) is 15.8. The van der Waals surface area contributed by atoms with Gasteiger partial charge in [0.15, 0.2) is 0 Å². The zero-order valence-corrected chi connectivity index (χ0v) is 17.4. The second-order valence-electron chi connectivity index (χ2n) is 7.61. The molecule has 0 spiro atoms. The largest absolute Gasteiger partial charge is 0.493 e. The molecular weight excluding hydrogens is 376 g/mol. The molecule has 4 rings (SSSR count). The number of hydrogen-bond acceptors (Lipinski definition) is 4. The fraction of sp³-hybridized carbons (Fsp3) is 0.333. The first-order chi connectivity index (χ1) is 14.7. The Labute approximate surface area is 177 Å². The van der Waals surface area contributed by atoms with Crippen molar-refractivity contribution in [2.24, 2.45) is 0 Å². The maximum absolute atomic E-state index is 11.5. The molecule has 0 saturated carbocycles. The van der Waals surface area contributed by atoms with Gasteiger partial charge in [-0.1, -0.05) is 24.3 Å². The molecule has 3 aromatic rings. The maximum Gasteiger partial charge on any atom is 0.219 e. The van der Waals surface area contributed by atoms with E-state index in [0.29, 0.717) is 6.61 Å². The van der Waals surface area contributed by atoms with Gasteiger partial charge in [-0.05, 0) is 41.5 Å². The first-order valence-electron chi connectivity index (χ1n) is 10.5. The number of carbonyl (C=O) groups is 1. The Morgan fingerprint density at radius 1 is 1.00 bits per heavy atom. The first-order valence-corrected chi connectivity index (χ1v) is 10.5. The number of rotatable bonds is 7. The van der Waals surface area contributed by atoms with E-state index < -0.39 is 0 Å². The van der Waals surface area contributed by atoms with Crippen molar-refractivity contribution < 1.29 is 9.53 Å². The molecular formula is C24H28N4O2. The van der Waals surface area contributed by atoms with Gasteiger partial charge in [0.25, 0.3) is 0 Å². The smallest absolute Gasteiger partial charge is 0.219 e. The van der Waals surface area contributed by atoms with Crippen molar-refractivity contribution in [3.8, 4) is 5.75 Å². The molecule has 0 unspecified atom stereocenters. The van der Waals surface area contributed by atoms with Crippen LogP contribution >= 0.6 is 0 Å². The first kappa shape index (κ1) is 20.0. The van der Waals surface area contributed by atoms with Crippen molar-refractivity contribution in [3.63, 3.8) is 0 Å². The lowest BCUT2D eigenvalue weighted by Crippen LogP contribution is -2.48. The standard InChI is InChI=1S/C24H28N4O2/c1-20(29)26-12-14-27(15-13-26)23-7-2-5-21(17-23)9-16-30-24-8-3-6-22(18-24)19-28-11-4-10-25-28/h2-8,10-11,17-18H,9,12-16,19H2,1H3. The zero-order valence-electron chi connectivity index (χ0n) is 17.4. The molecule has 156 valence electrons. The lowest BCUT2D eigenvalue weighted by molar-refractivity contribution is -0.129. The zero-order chi connectivity index (χ0) is 20.8. The molecule has 1 amide bonds. The predicted octanol–water partition coefficient (Wildman–Crippen LogP) is 3.22. The summed E-state index contributed by atoms with van der Waals surface area (Å²) in [6, 6.07) is 18.7. The fourth-order valence-electron chi connectivity index (χ4n) is 3.79. The number of ether oxygens (including phenoxy) is 1. The van der Waals surface area contributed by atoms with Gasteiger partial charge >= 0.3 is 0 Å². The van der Waals surface area contributed by atoms with Gasteiger partial charge in [-0.3, -0.25) is 9.48 Å². The SMILES string of the molecule is CC(=O)N1CCN(c2cccc(CCOc3cccc(Cn4cccn4)c3)c2)CC1. The van der Waals surface area contributed by atoms with E-state index in [9.17, 15) is 4.79 Å². The van der Waals surface area contributed by atoms with E-state index in [4.69, 9.17) is 4.74 Å². The van der Waals surface area contributed by atoms with Crippen LogP contribution in [0.2, 0.25) is 0 Å². The van der Waals surface area contributed by atoms with Crippen molar-refractivity contribution in [1.29, 1.82) is 0 Å². The average molecular weight is 405 g/mol. The molecule has 0 aliphatic carbocycles. The Balaban J connectivity index is 1.29. The molecule has 2 heterocycles. The highest BCUT2D eigenvalue weighted by Crippen LogP contribution is 2.19. The monoisotopic (exact) mass is 404 g/mol. The van der Waals surface area contributed by atoms with E-state index in [2.05, 4.69) is 46.4 Å². The van der Waals surface area contributed by atoms with Gasteiger partial charge in [0.05, 0.1) is 13.2 Å². The Morgan fingerprint density at radius 3 is 2.57 bits per heavy atom. The second kappa shape index (κ2) is 9.48. The van der Waals surface area contributed by atoms with Crippen LogP contribution in [-0.2, 0) is 17.8 Å². The number of amides is 1. The number of piperazine rings is 1. The van der Waals surface area contributed by atoms with Crippen molar-refractivity contribution >= 4 is 11.6 Å². The highest BCUT2D eigenvalue weighted by Gasteiger charge is 2.18. The van der Waals surface area contributed by atoms with E-state index in [1.807, 2.05) is 34.0 Å². The predicted molar refractivity (Wildman–Crippen MR) is 118 cm³/mol. The molecule has 2 aromatic carbocycles. The summed E-state index contributed by atoms with van der Waals surface area (Å²) in [6.07, 6.45) is 4.60. The maximum atomic E-state index is 11.5. The van der Waals surface area contributed by atoms with E-state index in [0.717, 1.165) is 44.9 Å². The molecule has 0 radical (unpaired) electrons. The van der Waals surface area contributed by atoms with Crippen LogP contribution in [0.4, 0.5) is 5.69 Å². The number of hydrogen-bond donors (Lipinski definition) is 0. The van der Waals surface area contributed by atoms with E-state index in [1.54, 1.807) is 13.1 Å². The highest BCUT2D eigenvalue weighted by molar-refractivity contribution is 5.73. The van der Waals surface area contributed by atoms with Gasteiger partial charge in [-0.25, -0.2) is 0 Å². The molecule has 1 saturated heterocycles. The molecule has 1 aromatic heterocycles. The Bertz CT molecular complexity index is 963. The number of anilines is 1. The minimum absolute atomic E-state index is 0.161. The van der Waals surface area contributed by atoms with Crippen LogP contribution in [0.3, 0.4) is 0 Å². The van der Waals surface area contributed by atoms with E-state index in [1.165, 1.54) is 16.8 Å². The van der Waals surface area contributed by atoms with Gasteiger partial charge in [0, 0.05) is 57.6 Å². The number of aromatic nitrogens is 2. The number of nitrogens with zero attached hydrogens (tertiary/aromatic N) is 4. The Hall–Kier alpha value is -3.28. The van der Waals surface area contributed by atoms with Crippen molar-refractivity contribution in [2.75, 3.05) is 37.7 Å². The van der Waals surface area contributed by atoms with Gasteiger partial charge in [0.2, 0.25) is 5.91 Å². The molecule has 0 N–H and O–H groups in total. The fourth-order valence-corrected chi connectivity index (χ4v) is 3.79. The third-order valence-corrected chi connectivity index (χ3v) is 5.46. The third-order valence-electron chi connectivity index (χ3n) is 5.46. The highest BCUT2D eigenvalue weighted by atomic mass is 16.5. The van der Waals surface area contributed by atoms with E-state index >= 15 is 0 Å². The second-order valence-corrected chi connectivity index (χ2v) is 7.61. The Kier molecular flexibility index (Phi) is 6.32. The topological polar surface area (TPSA) is 50.6 Å². The summed E-state index contributed by atoms with van der Waals surface area (Å²) in [6.45, 7) is 6.35. The van der Waals surface area contributed by atoms with Crippen LogP contribution in [-0.4, -0.2) is 53.4 Å². The lowest BCUT2D eigenvalue weighted by Gasteiger charge is -2.35. The summed E-state index contributed by atoms with van der Waals surface area (Å²) in [5.74, 6) is 1.05. The number of carbonyl (C=O) groups excluding carboxylic acids is 1. The third kappa shape index (κ3) is 5.20. The molecule has 0 bridgehead atoms. The minimum atomic E-state index is 0.161. The minimum Gasteiger partial charge on any atom is -0.493 e. The normalized spacial score (nSPS) is 14.0. The lowest BCUT2D eigenvalue weighted by atomic mass is 10.1. The summed E-state index contributed by atoms with van der Waals surface area (Å²) < 4.78 is 7.91. The molecule has 0 atom stereocenters. The number of benzene rings is 2. The summed E-state index contributed by atoms with van der Waals surface area (Å²) in [7, 11) is 0. The van der Waals surface area contributed by atoms with Gasteiger partial charge in [-0.2, -0.15) is 5.10 Å². The van der Waals surface area contributed by atoms with Crippen LogP contribution in [0.1, 0.15) is 18.1 Å². The molecule has 30 heavy (non-hydrogen) atoms. The van der Waals surface area contributed by atoms with Gasteiger partial charge in [0.1, 0.15) is 5.75 Å². The molecule has 6 heteroatoms. The van der Waals surface area contributed by atoms with Crippen molar-refractivity contribution in [1.82, 2.24) is 14.7 Å². The Morgan fingerprint density at radius 2 is 1.80 bits per heavy atom. The molecule has 6 nitrogen and oxygen atoms in total. The molecule has 1 aliphatic heterocycles.